The van der Waals surface area contributed by atoms with Gasteiger partial charge >= 0.3 is 0 Å². The Balaban J connectivity index is 2.39. The molecule has 0 fully saturated rings. The third-order valence-corrected chi connectivity index (χ3v) is 5.32. The number of thiazole rings is 1. The molecule has 1 aromatic heterocycles. The first kappa shape index (κ1) is 16.2. The number of hydrogen-bond acceptors (Lipinski definition) is 3. The molecular formula is C18H26N2S. The smallest absolute Gasteiger partial charge is 0.114 e. The van der Waals surface area contributed by atoms with Crippen LogP contribution in [0, 0.1) is 6.92 Å². The van der Waals surface area contributed by atoms with Crippen LogP contribution in [-0.4, -0.2) is 11.5 Å². The lowest BCUT2D eigenvalue weighted by Crippen LogP contribution is -2.43. The monoisotopic (exact) mass is 302 g/mol. The van der Waals surface area contributed by atoms with Crippen molar-refractivity contribution in [3.63, 3.8) is 0 Å². The maximum absolute atomic E-state index is 4.94. The van der Waals surface area contributed by atoms with Crippen LogP contribution >= 0.6 is 11.3 Å². The van der Waals surface area contributed by atoms with Crippen molar-refractivity contribution >= 4 is 11.3 Å². The van der Waals surface area contributed by atoms with E-state index in [1.165, 1.54) is 21.1 Å². The maximum atomic E-state index is 4.94. The van der Waals surface area contributed by atoms with Crippen LogP contribution < -0.4 is 5.32 Å². The predicted octanol–water partition coefficient (Wildman–Crippen LogP) is 4.47. The van der Waals surface area contributed by atoms with Gasteiger partial charge < -0.3 is 5.32 Å². The van der Waals surface area contributed by atoms with E-state index >= 15 is 0 Å². The molecule has 0 bridgehead atoms. The summed E-state index contributed by atoms with van der Waals surface area (Å²) in [5.41, 5.74) is 2.57. The minimum Gasteiger partial charge on any atom is -0.305 e. The second-order valence-corrected chi connectivity index (χ2v) is 6.71. The normalized spacial score (nSPS) is 14.1. The van der Waals surface area contributed by atoms with Crippen LogP contribution in [0.15, 0.2) is 30.3 Å². The number of aryl methyl sites for hydroxylation is 2. The van der Waals surface area contributed by atoms with Crippen LogP contribution in [0.2, 0.25) is 0 Å². The highest BCUT2D eigenvalue weighted by molar-refractivity contribution is 7.11. The molecule has 0 saturated carbocycles. The first-order chi connectivity index (χ1) is 10.1. The number of benzene rings is 1. The zero-order chi connectivity index (χ0) is 15.3. The van der Waals surface area contributed by atoms with Gasteiger partial charge in [-0.2, -0.15) is 0 Å². The fourth-order valence-electron chi connectivity index (χ4n) is 2.86. The highest BCUT2D eigenvalue weighted by Crippen LogP contribution is 2.34. The van der Waals surface area contributed by atoms with Gasteiger partial charge in [0.05, 0.1) is 11.2 Å². The molecule has 2 aromatic rings. The average molecular weight is 302 g/mol. The highest BCUT2D eigenvalue weighted by Gasteiger charge is 2.33. The van der Waals surface area contributed by atoms with Gasteiger partial charge in [0.2, 0.25) is 0 Å². The van der Waals surface area contributed by atoms with Crippen LogP contribution in [0.4, 0.5) is 0 Å². The Bertz CT molecular complexity index is 562. The third-order valence-electron chi connectivity index (χ3n) is 4.10. The lowest BCUT2D eigenvalue weighted by Gasteiger charge is -2.32. The first-order valence-corrected chi connectivity index (χ1v) is 8.72. The standard InChI is InChI=1S/C18H26N2S/c1-5-16-14(4)21-17(20-16)18(6-2,19-7-3)13-15-11-9-8-10-12-15/h8-12,19H,5-7,13H2,1-4H3. The molecule has 0 spiro atoms. The van der Waals surface area contributed by atoms with E-state index < -0.39 is 0 Å². The molecule has 0 amide bonds. The fraction of sp³-hybridized carbons (Fsp3) is 0.500. The minimum absolute atomic E-state index is 0.0427. The lowest BCUT2D eigenvalue weighted by atomic mass is 9.88. The summed E-state index contributed by atoms with van der Waals surface area (Å²) >= 11 is 1.86. The summed E-state index contributed by atoms with van der Waals surface area (Å²) in [7, 11) is 0. The van der Waals surface area contributed by atoms with E-state index in [1.807, 2.05) is 11.3 Å². The van der Waals surface area contributed by atoms with Crippen molar-refractivity contribution in [1.29, 1.82) is 0 Å². The molecule has 1 N–H and O–H groups in total. The molecule has 1 atom stereocenters. The SMILES string of the molecule is CCNC(CC)(Cc1ccccc1)c1nc(CC)c(C)s1. The molecule has 114 valence electrons. The number of rotatable bonds is 7. The molecule has 3 heteroatoms. The molecule has 0 aliphatic heterocycles. The van der Waals surface area contributed by atoms with Crippen LogP contribution in [0.5, 0.6) is 0 Å². The molecule has 2 nitrogen and oxygen atoms in total. The van der Waals surface area contributed by atoms with Crippen LogP contribution in [0.3, 0.4) is 0 Å². The van der Waals surface area contributed by atoms with Crippen molar-refractivity contribution in [3.05, 3.63) is 51.5 Å². The highest BCUT2D eigenvalue weighted by atomic mass is 32.1. The van der Waals surface area contributed by atoms with Crippen molar-refractivity contribution in [1.82, 2.24) is 10.3 Å². The number of likely N-dealkylation sites (N-methyl/N-ethyl adjacent to an activating group) is 1. The van der Waals surface area contributed by atoms with Crippen molar-refractivity contribution in [3.8, 4) is 0 Å². The van der Waals surface area contributed by atoms with Gasteiger partial charge in [0.25, 0.3) is 0 Å². The summed E-state index contributed by atoms with van der Waals surface area (Å²) in [4.78, 5) is 6.30. The van der Waals surface area contributed by atoms with E-state index in [1.54, 1.807) is 0 Å². The van der Waals surface area contributed by atoms with Crippen LogP contribution in [0.1, 0.15) is 48.3 Å². The summed E-state index contributed by atoms with van der Waals surface area (Å²) in [5.74, 6) is 0. The molecule has 1 heterocycles. The minimum atomic E-state index is -0.0427. The summed E-state index contributed by atoms with van der Waals surface area (Å²) < 4.78 is 0. The van der Waals surface area contributed by atoms with Gasteiger partial charge in [-0.3, -0.25) is 0 Å². The molecule has 0 saturated heterocycles. The Labute approximate surface area is 132 Å². The molecule has 0 aliphatic carbocycles. The van der Waals surface area contributed by atoms with Gasteiger partial charge in [0, 0.05) is 4.88 Å². The lowest BCUT2D eigenvalue weighted by molar-refractivity contribution is 0.323. The fourth-order valence-corrected chi connectivity index (χ4v) is 4.10. The van der Waals surface area contributed by atoms with Crippen molar-refractivity contribution in [2.75, 3.05) is 6.54 Å². The molecular weight excluding hydrogens is 276 g/mol. The summed E-state index contributed by atoms with van der Waals surface area (Å²) in [6.45, 7) is 9.77. The predicted molar refractivity (Wildman–Crippen MR) is 92.0 cm³/mol. The Kier molecular flexibility index (Phi) is 5.54. The number of nitrogens with zero attached hydrogens (tertiary/aromatic N) is 1. The van der Waals surface area contributed by atoms with E-state index in [0.717, 1.165) is 25.8 Å². The third kappa shape index (κ3) is 3.53. The van der Waals surface area contributed by atoms with E-state index in [2.05, 4.69) is 63.3 Å². The Morgan fingerprint density at radius 2 is 1.86 bits per heavy atom. The summed E-state index contributed by atoms with van der Waals surface area (Å²) in [6, 6.07) is 10.7. The Morgan fingerprint density at radius 3 is 2.38 bits per heavy atom. The van der Waals surface area contributed by atoms with E-state index in [-0.39, 0.29) is 5.54 Å². The molecule has 1 aromatic carbocycles. The zero-order valence-corrected chi connectivity index (χ0v) is 14.4. The van der Waals surface area contributed by atoms with Crippen molar-refractivity contribution in [2.45, 2.75) is 52.5 Å². The molecule has 2 rings (SSSR count). The molecule has 1 unspecified atom stereocenters. The van der Waals surface area contributed by atoms with Gasteiger partial charge in [-0.05, 0) is 38.3 Å². The number of aromatic nitrogens is 1. The van der Waals surface area contributed by atoms with Gasteiger partial charge in [0.15, 0.2) is 0 Å². The van der Waals surface area contributed by atoms with Crippen LogP contribution in [0.25, 0.3) is 0 Å². The van der Waals surface area contributed by atoms with E-state index in [4.69, 9.17) is 4.98 Å². The van der Waals surface area contributed by atoms with Crippen LogP contribution in [-0.2, 0) is 18.4 Å². The first-order valence-electron chi connectivity index (χ1n) is 7.91. The Hall–Kier alpha value is -1.19. The quantitative estimate of drug-likeness (QED) is 0.816. The molecule has 0 radical (unpaired) electrons. The van der Waals surface area contributed by atoms with E-state index in [9.17, 15) is 0 Å². The topological polar surface area (TPSA) is 24.9 Å². The van der Waals surface area contributed by atoms with E-state index in [0.29, 0.717) is 0 Å². The Morgan fingerprint density at radius 1 is 1.14 bits per heavy atom. The number of nitrogens with one attached hydrogen (secondary N) is 1. The van der Waals surface area contributed by atoms with Gasteiger partial charge in [-0.1, -0.05) is 51.1 Å². The largest absolute Gasteiger partial charge is 0.305 e. The van der Waals surface area contributed by atoms with Gasteiger partial charge in [-0.25, -0.2) is 4.98 Å². The summed E-state index contributed by atoms with van der Waals surface area (Å²) in [5, 5.41) is 4.96. The second-order valence-electron chi connectivity index (χ2n) is 5.50. The molecule has 0 aliphatic rings. The second kappa shape index (κ2) is 7.19. The maximum Gasteiger partial charge on any atom is 0.114 e. The van der Waals surface area contributed by atoms with Crippen molar-refractivity contribution in [2.24, 2.45) is 0 Å². The zero-order valence-electron chi connectivity index (χ0n) is 13.6. The number of hydrogen-bond donors (Lipinski definition) is 1. The van der Waals surface area contributed by atoms with Gasteiger partial charge in [-0.15, -0.1) is 11.3 Å². The summed E-state index contributed by atoms with van der Waals surface area (Å²) in [6.07, 6.45) is 3.06. The average Bonchev–Trinajstić information content (AvgIpc) is 2.89. The molecule has 21 heavy (non-hydrogen) atoms. The van der Waals surface area contributed by atoms with Crippen molar-refractivity contribution < 1.29 is 0 Å². The van der Waals surface area contributed by atoms with Gasteiger partial charge in [0.1, 0.15) is 5.01 Å².